The van der Waals surface area contributed by atoms with Crippen molar-refractivity contribution in [3.63, 3.8) is 0 Å². The highest BCUT2D eigenvalue weighted by Crippen LogP contribution is 2.37. The molecule has 0 N–H and O–H groups in total. The smallest absolute Gasteiger partial charge is 0.416 e. The Morgan fingerprint density at radius 1 is 1.10 bits per heavy atom. The minimum atomic E-state index is -4.40. The summed E-state index contributed by atoms with van der Waals surface area (Å²) >= 11 is 6.21. The number of halogens is 4. The van der Waals surface area contributed by atoms with E-state index >= 15 is 0 Å². The third kappa shape index (κ3) is 3.91. The molecule has 0 saturated heterocycles. The third-order valence-electron chi connectivity index (χ3n) is 3.15. The molecule has 1 nitrogen and oxygen atoms in total. The Labute approximate surface area is 126 Å². The summed E-state index contributed by atoms with van der Waals surface area (Å²) in [6, 6.07) is 12.5. The van der Waals surface area contributed by atoms with Crippen molar-refractivity contribution in [2.45, 2.75) is 18.0 Å². The summed E-state index contributed by atoms with van der Waals surface area (Å²) in [6.45, 7) is 0. The Bertz CT molecular complexity index is 610. The van der Waals surface area contributed by atoms with Gasteiger partial charge in [0.25, 0.3) is 0 Å². The first-order chi connectivity index (χ1) is 9.91. The van der Waals surface area contributed by atoms with Crippen molar-refractivity contribution < 1.29 is 17.9 Å². The van der Waals surface area contributed by atoms with Crippen molar-refractivity contribution in [3.8, 4) is 5.75 Å². The topological polar surface area (TPSA) is 9.23 Å². The average molecular weight is 315 g/mol. The van der Waals surface area contributed by atoms with Crippen LogP contribution in [0.2, 0.25) is 0 Å². The van der Waals surface area contributed by atoms with E-state index in [1.165, 1.54) is 19.2 Å². The first-order valence-corrected chi connectivity index (χ1v) is 6.78. The van der Waals surface area contributed by atoms with Gasteiger partial charge in [0.05, 0.1) is 18.1 Å². The molecule has 0 spiro atoms. The van der Waals surface area contributed by atoms with E-state index in [-0.39, 0.29) is 5.56 Å². The zero-order valence-corrected chi connectivity index (χ0v) is 12.1. The highest BCUT2D eigenvalue weighted by Gasteiger charge is 2.34. The summed E-state index contributed by atoms with van der Waals surface area (Å²) in [7, 11) is 1.54. The van der Waals surface area contributed by atoms with Gasteiger partial charge in [0.15, 0.2) is 0 Å². The molecule has 0 heterocycles. The first-order valence-electron chi connectivity index (χ1n) is 6.35. The van der Waals surface area contributed by atoms with Crippen LogP contribution in [0.25, 0.3) is 0 Å². The van der Waals surface area contributed by atoms with Crippen LogP contribution in [0.3, 0.4) is 0 Å². The summed E-state index contributed by atoms with van der Waals surface area (Å²) < 4.78 is 44.1. The maximum absolute atomic E-state index is 13.0. The molecule has 0 aliphatic carbocycles. The van der Waals surface area contributed by atoms with Crippen molar-refractivity contribution in [2.75, 3.05) is 7.11 Å². The predicted molar refractivity (Wildman–Crippen MR) is 76.7 cm³/mol. The van der Waals surface area contributed by atoms with Gasteiger partial charge >= 0.3 is 6.18 Å². The molecule has 0 aromatic heterocycles. The molecule has 0 amide bonds. The second-order valence-electron chi connectivity index (χ2n) is 4.61. The molecule has 0 fully saturated rings. The molecule has 0 bridgehead atoms. The predicted octanol–water partition coefficient (Wildman–Crippen LogP) is 5.24. The van der Waals surface area contributed by atoms with Crippen molar-refractivity contribution in [2.24, 2.45) is 0 Å². The van der Waals surface area contributed by atoms with Gasteiger partial charge in [0, 0.05) is 0 Å². The molecule has 0 saturated carbocycles. The van der Waals surface area contributed by atoms with Gasteiger partial charge in [-0.2, -0.15) is 13.2 Å². The number of alkyl halides is 4. The Morgan fingerprint density at radius 3 is 2.48 bits per heavy atom. The van der Waals surface area contributed by atoms with Crippen LogP contribution in [0, 0.1) is 0 Å². The molecule has 1 atom stereocenters. The highest BCUT2D eigenvalue weighted by molar-refractivity contribution is 6.21. The Balaban J connectivity index is 2.26. The zero-order chi connectivity index (χ0) is 15.5. The minimum Gasteiger partial charge on any atom is -0.497 e. The number of hydrogen-bond acceptors (Lipinski definition) is 1. The number of hydrogen-bond donors (Lipinski definition) is 0. The fourth-order valence-electron chi connectivity index (χ4n) is 2.14. The molecular weight excluding hydrogens is 301 g/mol. The summed E-state index contributed by atoms with van der Waals surface area (Å²) in [6.07, 6.45) is -4.11. The molecule has 0 radical (unpaired) electrons. The Morgan fingerprint density at radius 2 is 1.81 bits per heavy atom. The monoisotopic (exact) mass is 314 g/mol. The van der Waals surface area contributed by atoms with E-state index in [9.17, 15) is 13.2 Å². The summed E-state index contributed by atoms with van der Waals surface area (Å²) in [5, 5.41) is -0.755. The molecule has 0 aliphatic rings. The minimum absolute atomic E-state index is 0.0921. The van der Waals surface area contributed by atoms with Crippen LogP contribution < -0.4 is 4.74 Å². The summed E-state index contributed by atoms with van der Waals surface area (Å²) in [5.41, 5.74) is 0.230. The largest absolute Gasteiger partial charge is 0.497 e. The Kier molecular flexibility index (Phi) is 4.78. The van der Waals surface area contributed by atoms with E-state index in [0.717, 1.165) is 11.6 Å². The van der Waals surface area contributed by atoms with Gasteiger partial charge in [0.2, 0.25) is 0 Å². The molecule has 2 rings (SSSR count). The molecule has 5 heteroatoms. The number of benzene rings is 2. The summed E-state index contributed by atoms with van der Waals surface area (Å²) in [5.74, 6) is 0.653. The van der Waals surface area contributed by atoms with Gasteiger partial charge in [-0.1, -0.05) is 30.3 Å². The van der Waals surface area contributed by atoms with E-state index in [4.69, 9.17) is 16.3 Å². The molecule has 1 unspecified atom stereocenters. The van der Waals surface area contributed by atoms with Crippen LogP contribution in [0.15, 0.2) is 48.5 Å². The number of ether oxygens (including phenoxy) is 1. The van der Waals surface area contributed by atoms with Crippen molar-refractivity contribution >= 4 is 11.6 Å². The lowest BCUT2D eigenvalue weighted by atomic mass is 9.99. The molecule has 112 valence electrons. The van der Waals surface area contributed by atoms with Gasteiger partial charge in [-0.3, -0.25) is 0 Å². The fourth-order valence-corrected chi connectivity index (χ4v) is 2.51. The lowest BCUT2D eigenvalue weighted by Gasteiger charge is -2.17. The van der Waals surface area contributed by atoms with Gasteiger partial charge in [-0.05, 0) is 35.7 Å². The highest BCUT2D eigenvalue weighted by atomic mass is 35.5. The van der Waals surface area contributed by atoms with E-state index in [1.54, 1.807) is 24.3 Å². The quantitative estimate of drug-likeness (QED) is 0.702. The van der Waals surface area contributed by atoms with Crippen LogP contribution in [0.1, 0.15) is 22.1 Å². The summed E-state index contributed by atoms with van der Waals surface area (Å²) in [4.78, 5) is 0. The van der Waals surface area contributed by atoms with Crippen molar-refractivity contribution in [3.05, 3.63) is 65.2 Å². The maximum atomic E-state index is 13.0. The lowest BCUT2D eigenvalue weighted by Crippen LogP contribution is -2.11. The number of methoxy groups -OCH3 is 1. The SMILES string of the molecule is COc1cccc(CC(Cl)c2ccccc2C(F)(F)F)c1. The van der Waals surface area contributed by atoms with Crippen molar-refractivity contribution in [1.29, 1.82) is 0 Å². The van der Waals surface area contributed by atoms with Gasteiger partial charge < -0.3 is 4.74 Å². The normalized spacial score (nSPS) is 13.0. The van der Waals surface area contributed by atoms with Gasteiger partial charge in [-0.25, -0.2) is 0 Å². The van der Waals surface area contributed by atoms with E-state index < -0.39 is 17.1 Å². The zero-order valence-electron chi connectivity index (χ0n) is 11.3. The molecule has 2 aromatic carbocycles. The molecular formula is C16H14ClF3O. The van der Waals surface area contributed by atoms with Gasteiger partial charge in [-0.15, -0.1) is 11.6 Å². The maximum Gasteiger partial charge on any atom is 0.416 e. The van der Waals surface area contributed by atoms with Crippen LogP contribution in [0.4, 0.5) is 13.2 Å². The molecule has 0 aliphatic heterocycles. The number of rotatable bonds is 4. The van der Waals surface area contributed by atoms with Crippen LogP contribution >= 0.6 is 11.6 Å². The van der Waals surface area contributed by atoms with Crippen LogP contribution in [-0.4, -0.2) is 7.11 Å². The second kappa shape index (κ2) is 6.39. The van der Waals surface area contributed by atoms with Gasteiger partial charge in [0.1, 0.15) is 5.75 Å². The second-order valence-corrected chi connectivity index (χ2v) is 5.14. The van der Waals surface area contributed by atoms with E-state index in [1.807, 2.05) is 6.07 Å². The average Bonchev–Trinajstić information content (AvgIpc) is 2.46. The van der Waals surface area contributed by atoms with Crippen LogP contribution in [-0.2, 0) is 12.6 Å². The van der Waals surface area contributed by atoms with E-state index in [0.29, 0.717) is 12.2 Å². The van der Waals surface area contributed by atoms with Crippen molar-refractivity contribution in [1.82, 2.24) is 0 Å². The first kappa shape index (κ1) is 15.7. The standard InChI is InChI=1S/C16H14ClF3O/c1-21-12-6-4-5-11(9-12)10-15(17)13-7-2-3-8-14(13)16(18,19)20/h2-9,15H,10H2,1H3. The molecule has 21 heavy (non-hydrogen) atoms. The third-order valence-corrected chi connectivity index (χ3v) is 3.54. The Hall–Kier alpha value is -1.68. The molecule has 2 aromatic rings. The lowest BCUT2D eigenvalue weighted by molar-refractivity contribution is -0.138. The van der Waals surface area contributed by atoms with E-state index in [2.05, 4.69) is 0 Å². The van der Waals surface area contributed by atoms with Crippen LogP contribution in [0.5, 0.6) is 5.75 Å². The fraction of sp³-hybridized carbons (Fsp3) is 0.250.